The summed E-state index contributed by atoms with van der Waals surface area (Å²) in [5.41, 5.74) is 7.07. The number of alkyl halides is 3. The van der Waals surface area contributed by atoms with Gasteiger partial charge in [-0.05, 0) is 31.2 Å². The summed E-state index contributed by atoms with van der Waals surface area (Å²) in [7, 11) is 1.65. The molecule has 25 heavy (non-hydrogen) atoms. The molecule has 6 nitrogen and oxygen atoms in total. The van der Waals surface area contributed by atoms with Gasteiger partial charge in [0.15, 0.2) is 5.96 Å². The van der Waals surface area contributed by atoms with Crippen molar-refractivity contribution in [1.29, 1.82) is 0 Å². The zero-order valence-corrected chi connectivity index (χ0v) is 13.6. The Balaban J connectivity index is 2.08. The largest absolute Gasteiger partial charge is 0.573 e. The van der Waals surface area contributed by atoms with Crippen LogP contribution in [0, 0.1) is 6.92 Å². The molecule has 0 radical (unpaired) electrons. The highest BCUT2D eigenvalue weighted by Crippen LogP contribution is 2.24. The number of rotatable bonds is 4. The Hall–Kier alpha value is -2.97. The quantitative estimate of drug-likeness (QED) is 0.653. The van der Waals surface area contributed by atoms with Gasteiger partial charge in [0.05, 0.1) is 6.54 Å². The van der Waals surface area contributed by atoms with Gasteiger partial charge in [-0.2, -0.15) is 0 Å². The average Bonchev–Trinajstić information content (AvgIpc) is 2.50. The van der Waals surface area contributed by atoms with Gasteiger partial charge < -0.3 is 20.4 Å². The first kappa shape index (κ1) is 18.4. The van der Waals surface area contributed by atoms with Crippen LogP contribution in [-0.4, -0.2) is 16.9 Å². The van der Waals surface area contributed by atoms with Gasteiger partial charge in [-0.1, -0.05) is 6.07 Å². The molecule has 0 unspecified atom stereocenters. The molecule has 1 heterocycles. The van der Waals surface area contributed by atoms with Crippen molar-refractivity contribution in [2.75, 3.05) is 5.32 Å². The SMILES string of the molecule is Cc1ccc(CN=C(N)Nc2cccc(OC(F)(F)F)c2)c(=O)n1C. The fraction of sp³-hybridized carbons (Fsp3) is 0.250. The molecule has 0 aliphatic carbocycles. The second-order valence-corrected chi connectivity index (χ2v) is 5.27. The molecule has 3 N–H and O–H groups in total. The van der Waals surface area contributed by atoms with Crippen LogP contribution in [0.1, 0.15) is 11.3 Å². The van der Waals surface area contributed by atoms with Gasteiger partial charge in [0.25, 0.3) is 5.56 Å². The minimum absolute atomic E-state index is 0.0354. The molecular formula is C16H17F3N4O2. The van der Waals surface area contributed by atoms with Crippen molar-refractivity contribution >= 4 is 11.6 Å². The Morgan fingerprint density at radius 2 is 2.04 bits per heavy atom. The fourth-order valence-corrected chi connectivity index (χ4v) is 2.03. The van der Waals surface area contributed by atoms with Gasteiger partial charge in [-0.25, -0.2) is 4.99 Å². The van der Waals surface area contributed by atoms with Crippen molar-refractivity contribution in [1.82, 2.24) is 4.57 Å². The van der Waals surface area contributed by atoms with Crippen molar-refractivity contribution in [3.8, 4) is 5.75 Å². The monoisotopic (exact) mass is 354 g/mol. The molecule has 0 fully saturated rings. The lowest BCUT2D eigenvalue weighted by Crippen LogP contribution is -2.25. The molecule has 9 heteroatoms. The van der Waals surface area contributed by atoms with Crippen molar-refractivity contribution in [3.05, 3.63) is 58.0 Å². The molecule has 0 atom stereocenters. The Labute approximate surface area is 141 Å². The summed E-state index contributed by atoms with van der Waals surface area (Å²) < 4.78 is 42.0. The Kier molecular flexibility index (Phi) is 5.35. The highest BCUT2D eigenvalue weighted by molar-refractivity contribution is 5.92. The summed E-state index contributed by atoms with van der Waals surface area (Å²) >= 11 is 0. The Morgan fingerprint density at radius 3 is 2.72 bits per heavy atom. The Bertz CT molecular complexity index is 844. The summed E-state index contributed by atoms with van der Waals surface area (Å²) in [6.45, 7) is 1.85. The number of aryl methyl sites for hydroxylation is 1. The number of halogens is 3. The van der Waals surface area contributed by atoms with E-state index in [1.165, 1.54) is 22.8 Å². The molecule has 2 rings (SSSR count). The molecule has 134 valence electrons. The molecule has 0 saturated heterocycles. The second-order valence-electron chi connectivity index (χ2n) is 5.27. The van der Waals surface area contributed by atoms with Crippen molar-refractivity contribution < 1.29 is 17.9 Å². The molecule has 1 aromatic carbocycles. The van der Waals surface area contributed by atoms with E-state index in [9.17, 15) is 18.0 Å². The van der Waals surface area contributed by atoms with Gasteiger partial charge >= 0.3 is 6.36 Å². The topological polar surface area (TPSA) is 81.6 Å². The van der Waals surface area contributed by atoms with Crippen LogP contribution in [-0.2, 0) is 13.6 Å². The van der Waals surface area contributed by atoms with Gasteiger partial charge in [-0.3, -0.25) is 4.79 Å². The van der Waals surface area contributed by atoms with E-state index in [0.717, 1.165) is 11.8 Å². The molecule has 0 amide bonds. The number of pyridine rings is 1. The standard InChI is InChI=1S/C16H17F3N4O2/c1-10-6-7-11(14(24)23(10)2)9-21-15(20)22-12-4-3-5-13(8-12)25-16(17,18)19/h3-8H,9H2,1-2H3,(H3,20,21,22). The fourth-order valence-electron chi connectivity index (χ4n) is 2.03. The maximum Gasteiger partial charge on any atom is 0.573 e. The van der Waals surface area contributed by atoms with Crippen LogP contribution in [0.2, 0.25) is 0 Å². The first-order valence-electron chi connectivity index (χ1n) is 7.24. The maximum atomic E-state index is 12.2. The van der Waals surface area contributed by atoms with Crippen LogP contribution in [0.3, 0.4) is 0 Å². The highest BCUT2D eigenvalue weighted by Gasteiger charge is 2.31. The van der Waals surface area contributed by atoms with E-state index in [1.807, 2.05) is 0 Å². The van der Waals surface area contributed by atoms with Gasteiger partial charge in [0.1, 0.15) is 5.75 Å². The van der Waals surface area contributed by atoms with E-state index in [0.29, 0.717) is 5.56 Å². The lowest BCUT2D eigenvalue weighted by atomic mass is 10.2. The summed E-state index contributed by atoms with van der Waals surface area (Å²) in [5, 5.41) is 2.66. The third-order valence-electron chi connectivity index (χ3n) is 3.39. The molecular weight excluding hydrogens is 337 g/mol. The third kappa shape index (κ3) is 5.27. The summed E-state index contributed by atoms with van der Waals surface area (Å²) in [4.78, 5) is 16.1. The molecule has 0 bridgehead atoms. The van der Waals surface area contributed by atoms with Gasteiger partial charge in [0.2, 0.25) is 0 Å². The third-order valence-corrected chi connectivity index (χ3v) is 3.39. The van der Waals surface area contributed by atoms with Gasteiger partial charge in [0, 0.05) is 30.1 Å². The number of nitrogens with one attached hydrogen (secondary N) is 1. The van der Waals surface area contributed by atoms with Crippen LogP contribution in [0.15, 0.2) is 46.2 Å². The number of ether oxygens (including phenoxy) is 1. The number of hydrogen-bond acceptors (Lipinski definition) is 3. The van der Waals surface area contributed by atoms with Crippen molar-refractivity contribution in [2.24, 2.45) is 17.8 Å². The van der Waals surface area contributed by atoms with Crippen LogP contribution in [0.25, 0.3) is 0 Å². The molecule has 0 aliphatic rings. The van der Waals surface area contributed by atoms with Gasteiger partial charge in [-0.15, -0.1) is 13.2 Å². The number of guanidine groups is 1. The normalized spacial score (nSPS) is 12.1. The summed E-state index contributed by atoms with van der Waals surface area (Å²) in [6, 6.07) is 8.64. The minimum Gasteiger partial charge on any atom is -0.406 e. The zero-order chi connectivity index (χ0) is 18.6. The van der Waals surface area contributed by atoms with E-state index < -0.39 is 6.36 Å². The van der Waals surface area contributed by atoms with Crippen LogP contribution < -0.4 is 21.3 Å². The summed E-state index contributed by atoms with van der Waals surface area (Å²) in [5.74, 6) is -0.413. The number of aliphatic imine (C=N–C) groups is 1. The first-order valence-corrected chi connectivity index (χ1v) is 7.24. The smallest absolute Gasteiger partial charge is 0.406 e. The van der Waals surface area contributed by atoms with Crippen LogP contribution >= 0.6 is 0 Å². The molecule has 2 aromatic rings. The number of benzene rings is 1. The predicted molar refractivity (Wildman–Crippen MR) is 88.5 cm³/mol. The second kappa shape index (κ2) is 7.29. The maximum absolute atomic E-state index is 12.2. The highest BCUT2D eigenvalue weighted by atomic mass is 19.4. The molecule has 0 saturated carbocycles. The van der Waals surface area contributed by atoms with E-state index in [2.05, 4.69) is 15.0 Å². The van der Waals surface area contributed by atoms with E-state index in [1.54, 1.807) is 26.1 Å². The average molecular weight is 354 g/mol. The van der Waals surface area contributed by atoms with Crippen LogP contribution in [0.4, 0.5) is 18.9 Å². The number of anilines is 1. The van der Waals surface area contributed by atoms with E-state index in [4.69, 9.17) is 5.73 Å². The first-order chi connectivity index (χ1) is 11.7. The van der Waals surface area contributed by atoms with E-state index >= 15 is 0 Å². The number of nitrogens with two attached hydrogens (primary N) is 1. The summed E-state index contributed by atoms with van der Waals surface area (Å²) in [6.07, 6.45) is -4.77. The molecule has 0 spiro atoms. The number of hydrogen-bond donors (Lipinski definition) is 2. The number of aromatic nitrogens is 1. The lowest BCUT2D eigenvalue weighted by molar-refractivity contribution is -0.274. The predicted octanol–water partition coefficient (Wildman–Crippen LogP) is 2.52. The van der Waals surface area contributed by atoms with Crippen LogP contribution in [0.5, 0.6) is 5.75 Å². The lowest BCUT2D eigenvalue weighted by Gasteiger charge is -2.11. The number of nitrogens with zero attached hydrogens (tertiary/aromatic N) is 2. The van der Waals surface area contributed by atoms with Crippen molar-refractivity contribution in [3.63, 3.8) is 0 Å². The van der Waals surface area contributed by atoms with Crippen molar-refractivity contribution in [2.45, 2.75) is 19.8 Å². The minimum atomic E-state index is -4.77. The molecule has 1 aromatic heterocycles. The Morgan fingerprint density at radius 1 is 1.32 bits per heavy atom. The zero-order valence-electron chi connectivity index (χ0n) is 13.6. The molecule has 0 aliphatic heterocycles. The van der Waals surface area contributed by atoms with E-state index in [-0.39, 0.29) is 29.5 Å².